The molecule has 0 aromatic heterocycles. The highest BCUT2D eigenvalue weighted by atomic mass is 16.5. The van der Waals surface area contributed by atoms with Crippen LogP contribution in [0.3, 0.4) is 0 Å². The average Bonchev–Trinajstić information content (AvgIpc) is 2.27. The number of rotatable bonds is 8. The molecule has 0 bridgehead atoms. The van der Waals surface area contributed by atoms with Gasteiger partial charge in [0.1, 0.15) is 6.04 Å². The first-order chi connectivity index (χ1) is 8.52. The van der Waals surface area contributed by atoms with Gasteiger partial charge in [-0.15, -0.1) is 0 Å². The molecular weight excluding hydrogens is 228 g/mol. The van der Waals surface area contributed by atoms with E-state index in [1.807, 2.05) is 13.8 Å². The Morgan fingerprint density at radius 1 is 1.44 bits per heavy atom. The number of esters is 1. The Kier molecular flexibility index (Phi) is 6.65. The molecule has 1 aliphatic rings. The van der Waals surface area contributed by atoms with Crippen LogP contribution in [0.25, 0.3) is 0 Å². The Morgan fingerprint density at radius 2 is 2.11 bits per heavy atom. The number of ether oxygens (including phenoxy) is 1. The predicted octanol–water partition coefficient (Wildman–Crippen LogP) is 1.65. The summed E-state index contributed by atoms with van der Waals surface area (Å²) < 4.78 is 4.84. The SMILES string of the molecule is COC(=O)C(CCN(C)CC1CCC1)NC(C)C. The summed E-state index contributed by atoms with van der Waals surface area (Å²) in [6.45, 7) is 6.20. The van der Waals surface area contributed by atoms with Crippen LogP contribution in [0.4, 0.5) is 0 Å². The Hall–Kier alpha value is -0.610. The molecule has 0 aromatic carbocycles. The molecule has 18 heavy (non-hydrogen) atoms. The first kappa shape index (κ1) is 15.4. The molecule has 106 valence electrons. The highest BCUT2D eigenvalue weighted by Crippen LogP contribution is 2.26. The van der Waals surface area contributed by atoms with Crippen LogP contribution in [0.15, 0.2) is 0 Å². The normalized spacial score (nSPS) is 17.9. The molecule has 0 radical (unpaired) electrons. The Balaban J connectivity index is 2.28. The fourth-order valence-corrected chi connectivity index (χ4v) is 2.37. The van der Waals surface area contributed by atoms with Gasteiger partial charge in [0.25, 0.3) is 0 Å². The lowest BCUT2D eigenvalue weighted by molar-refractivity contribution is -0.143. The first-order valence-corrected chi connectivity index (χ1v) is 7.05. The maximum atomic E-state index is 11.6. The van der Waals surface area contributed by atoms with Gasteiger partial charge >= 0.3 is 5.97 Å². The lowest BCUT2D eigenvalue weighted by atomic mass is 9.85. The van der Waals surface area contributed by atoms with Crippen molar-refractivity contribution in [2.45, 2.75) is 51.6 Å². The minimum absolute atomic E-state index is 0.152. The summed E-state index contributed by atoms with van der Waals surface area (Å²) in [5.74, 6) is 0.727. The van der Waals surface area contributed by atoms with Crippen LogP contribution in [0.2, 0.25) is 0 Å². The molecule has 4 nitrogen and oxygen atoms in total. The fraction of sp³-hybridized carbons (Fsp3) is 0.929. The molecule has 1 atom stereocenters. The third-order valence-electron chi connectivity index (χ3n) is 3.61. The van der Waals surface area contributed by atoms with Crippen LogP contribution >= 0.6 is 0 Å². The smallest absolute Gasteiger partial charge is 0.322 e. The summed E-state index contributed by atoms with van der Waals surface area (Å²) in [5, 5.41) is 3.27. The summed E-state index contributed by atoms with van der Waals surface area (Å²) in [6.07, 6.45) is 4.94. The van der Waals surface area contributed by atoms with Crippen molar-refractivity contribution in [3.8, 4) is 0 Å². The molecule has 0 spiro atoms. The molecule has 1 saturated carbocycles. The average molecular weight is 256 g/mol. The molecule has 0 aromatic rings. The summed E-state index contributed by atoms with van der Waals surface area (Å²) in [4.78, 5) is 14.0. The van der Waals surface area contributed by atoms with Crippen LogP contribution in [0, 0.1) is 5.92 Å². The predicted molar refractivity (Wildman–Crippen MR) is 73.5 cm³/mol. The molecule has 0 saturated heterocycles. The van der Waals surface area contributed by atoms with E-state index >= 15 is 0 Å². The van der Waals surface area contributed by atoms with Crippen molar-refractivity contribution in [3.63, 3.8) is 0 Å². The number of nitrogens with one attached hydrogen (secondary N) is 1. The fourth-order valence-electron chi connectivity index (χ4n) is 2.37. The maximum absolute atomic E-state index is 11.6. The van der Waals surface area contributed by atoms with Crippen molar-refractivity contribution < 1.29 is 9.53 Å². The number of nitrogens with zero attached hydrogens (tertiary/aromatic N) is 1. The Labute approximate surface area is 111 Å². The van der Waals surface area contributed by atoms with Crippen molar-refractivity contribution in [1.29, 1.82) is 0 Å². The van der Waals surface area contributed by atoms with Crippen molar-refractivity contribution in [1.82, 2.24) is 10.2 Å². The molecule has 0 heterocycles. The van der Waals surface area contributed by atoms with Gasteiger partial charge in [0.05, 0.1) is 7.11 Å². The topological polar surface area (TPSA) is 41.6 Å². The van der Waals surface area contributed by atoms with E-state index in [1.54, 1.807) is 0 Å². The highest BCUT2D eigenvalue weighted by molar-refractivity contribution is 5.75. The zero-order valence-electron chi connectivity index (χ0n) is 12.2. The van der Waals surface area contributed by atoms with Crippen LogP contribution in [-0.2, 0) is 9.53 Å². The van der Waals surface area contributed by atoms with E-state index in [0.29, 0.717) is 6.04 Å². The number of methoxy groups -OCH3 is 1. The van der Waals surface area contributed by atoms with Crippen LogP contribution in [-0.4, -0.2) is 50.2 Å². The molecule has 1 N–H and O–H groups in total. The monoisotopic (exact) mass is 256 g/mol. The molecule has 1 unspecified atom stereocenters. The maximum Gasteiger partial charge on any atom is 0.322 e. The lowest BCUT2D eigenvalue weighted by Gasteiger charge is -2.31. The van der Waals surface area contributed by atoms with E-state index in [-0.39, 0.29) is 12.0 Å². The van der Waals surface area contributed by atoms with E-state index in [0.717, 1.165) is 25.4 Å². The molecule has 0 aliphatic heterocycles. The van der Waals surface area contributed by atoms with Gasteiger partial charge < -0.3 is 15.0 Å². The second-order valence-corrected chi connectivity index (χ2v) is 5.74. The van der Waals surface area contributed by atoms with Crippen LogP contribution in [0.1, 0.15) is 39.5 Å². The van der Waals surface area contributed by atoms with Gasteiger partial charge in [0, 0.05) is 12.6 Å². The quantitative estimate of drug-likeness (QED) is 0.671. The molecule has 1 rings (SSSR count). The van der Waals surface area contributed by atoms with Gasteiger partial charge in [0.2, 0.25) is 0 Å². The van der Waals surface area contributed by atoms with Gasteiger partial charge in [-0.2, -0.15) is 0 Å². The standard InChI is InChI=1S/C14H28N2O2/c1-11(2)15-13(14(17)18-4)8-9-16(3)10-12-6-5-7-12/h11-13,15H,5-10H2,1-4H3. The number of carbonyl (C=O) groups excluding carboxylic acids is 1. The van der Waals surface area contributed by atoms with Crippen LogP contribution in [0.5, 0.6) is 0 Å². The number of hydrogen-bond acceptors (Lipinski definition) is 4. The zero-order chi connectivity index (χ0) is 13.5. The van der Waals surface area contributed by atoms with Gasteiger partial charge in [-0.05, 0) is 38.8 Å². The third kappa shape index (κ3) is 5.36. The van der Waals surface area contributed by atoms with Crippen molar-refractivity contribution in [2.75, 3.05) is 27.2 Å². The van der Waals surface area contributed by atoms with E-state index in [1.165, 1.54) is 26.4 Å². The minimum Gasteiger partial charge on any atom is -0.468 e. The third-order valence-corrected chi connectivity index (χ3v) is 3.61. The summed E-state index contributed by atoms with van der Waals surface area (Å²) in [5.41, 5.74) is 0. The number of hydrogen-bond donors (Lipinski definition) is 1. The van der Waals surface area contributed by atoms with E-state index in [4.69, 9.17) is 4.74 Å². The van der Waals surface area contributed by atoms with Gasteiger partial charge in [-0.25, -0.2) is 0 Å². The Morgan fingerprint density at radius 3 is 2.56 bits per heavy atom. The van der Waals surface area contributed by atoms with Crippen LogP contribution < -0.4 is 5.32 Å². The first-order valence-electron chi connectivity index (χ1n) is 7.05. The minimum atomic E-state index is -0.182. The van der Waals surface area contributed by atoms with Crippen molar-refractivity contribution >= 4 is 5.97 Å². The second kappa shape index (κ2) is 7.74. The van der Waals surface area contributed by atoms with E-state index in [9.17, 15) is 4.79 Å². The van der Waals surface area contributed by atoms with Crippen molar-refractivity contribution in [3.05, 3.63) is 0 Å². The van der Waals surface area contributed by atoms with Gasteiger partial charge in [-0.1, -0.05) is 20.3 Å². The van der Waals surface area contributed by atoms with Crippen molar-refractivity contribution in [2.24, 2.45) is 5.92 Å². The van der Waals surface area contributed by atoms with Gasteiger partial charge in [0.15, 0.2) is 0 Å². The largest absolute Gasteiger partial charge is 0.468 e. The van der Waals surface area contributed by atoms with Gasteiger partial charge in [-0.3, -0.25) is 4.79 Å². The summed E-state index contributed by atoms with van der Waals surface area (Å²) in [6, 6.07) is 0.116. The van der Waals surface area contributed by atoms with E-state index < -0.39 is 0 Å². The summed E-state index contributed by atoms with van der Waals surface area (Å²) >= 11 is 0. The summed E-state index contributed by atoms with van der Waals surface area (Å²) in [7, 11) is 3.59. The molecule has 0 amide bonds. The number of carbonyl (C=O) groups is 1. The Bertz CT molecular complexity index is 252. The van der Waals surface area contributed by atoms with E-state index in [2.05, 4.69) is 17.3 Å². The molecule has 1 aliphatic carbocycles. The highest BCUT2D eigenvalue weighted by Gasteiger charge is 2.22. The second-order valence-electron chi connectivity index (χ2n) is 5.74. The molecular formula is C14H28N2O2. The zero-order valence-corrected chi connectivity index (χ0v) is 12.2. The molecule has 1 fully saturated rings. The molecule has 4 heteroatoms. The lowest BCUT2D eigenvalue weighted by Crippen LogP contribution is -2.44.